The van der Waals surface area contributed by atoms with Crippen molar-refractivity contribution in [2.45, 2.75) is 25.8 Å². The van der Waals surface area contributed by atoms with Gasteiger partial charge in [0.1, 0.15) is 0 Å². The fraction of sp³-hybridized carbons (Fsp3) is 0.381. The lowest BCUT2D eigenvalue weighted by Gasteiger charge is -2.18. The monoisotopic (exact) mass is 355 g/mol. The van der Waals surface area contributed by atoms with Gasteiger partial charge in [-0.15, -0.1) is 0 Å². The molecule has 0 aliphatic carbocycles. The highest BCUT2D eigenvalue weighted by Gasteiger charge is 2.07. The number of ether oxygens (including phenoxy) is 2. The second-order valence-electron chi connectivity index (χ2n) is 6.07. The highest BCUT2D eigenvalue weighted by Crippen LogP contribution is 2.27. The molecule has 2 rings (SSSR count). The molecule has 5 heteroatoms. The summed E-state index contributed by atoms with van der Waals surface area (Å²) in [7, 11) is 5.10. The Labute approximate surface area is 156 Å². The van der Waals surface area contributed by atoms with Gasteiger partial charge in [0, 0.05) is 13.6 Å². The number of nitrogens with zero attached hydrogens (tertiary/aromatic N) is 1. The molecule has 26 heavy (non-hydrogen) atoms. The molecule has 0 bridgehead atoms. The topological polar surface area (TPSA) is 54.9 Å². The number of methoxy groups -OCH3 is 2. The molecule has 140 valence electrons. The molecule has 0 saturated heterocycles. The lowest BCUT2D eigenvalue weighted by atomic mass is 10.1. The van der Waals surface area contributed by atoms with Crippen LogP contribution >= 0.6 is 0 Å². The van der Waals surface area contributed by atoms with E-state index < -0.39 is 0 Å². The van der Waals surface area contributed by atoms with Gasteiger partial charge in [-0.2, -0.15) is 0 Å². The molecule has 0 radical (unpaired) electrons. The fourth-order valence-corrected chi connectivity index (χ4v) is 2.76. The number of nitrogens with one attached hydrogen (secondary N) is 2. The Morgan fingerprint density at radius 2 is 1.77 bits per heavy atom. The lowest BCUT2D eigenvalue weighted by Crippen LogP contribution is -2.39. The molecule has 1 atom stereocenters. The quantitative estimate of drug-likeness (QED) is 0.432. The van der Waals surface area contributed by atoms with Gasteiger partial charge in [0.2, 0.25) is 0 Å². The Morgan fingerprint density at radius 3 is 2.42 bits per heavy atom. The Kier molecular flexibility index (Phi) is 7.80. The molecular formula is C21H29N3O2. The predicted molar refractivity (Wildman–Crippen MR) is 107 cm³/mol. The normalized spacial score (nSPS) is 12.4. The standard InChI is InChI=1S/C21H29N3O2/c1-16(18-10-6-5-7-11-18)24-21(22-2)23-14-8-9-17-12-13-19(25-3)20(15-17)26-4/h5-7,10-13,15-16H,8-9,14H2,1-4H3,(H2,22,23,24). The molecule has 0 aromatic heterocycles. The van der Waals surface area contributed by atoms with E-state index >= 15 is 0 Å². The summed E-state index contributed by atoms with van der Waals surface area (Å²) in [5.41, 5.74) is 2.46. The SMILES string of the molecule is CN=C(NCCCc1ccc(OC)c(OC)c1)NC(C)c1ccccc1. The molecule has 2 aromatic carbocycles. The fourth-order valence-electron chi connectivity index (χ4n) is 2.76. The number of hydrogen-bond donors (Lipinski definition) is 2. The first kappa shape index (κ1) is 19.6. The van der Waals surface area contributed by atoms with Crippen molar-refractivity contribution in [3.05, 3.63) is 59.7 Å². The van der Waals surface area contributed by atoms with Crippen molar-refractivity contribution >= 4 is 5.96 Å². The average molecular weight is 355 g/mol. The van der Waals surface area contributed by atoms with Crippen molar-refractivity contribution in [2.75, 3.05) is 27.8 Å². The summed E-state index contributed by atoms with van der Waals surface area (Å²) in [5.74, 6) is 2.34. The third-order valence-electron chi connectivity index (χ3n) is 4.26. The summed E-state index contributed by atoms with van der Waals surface area (Å²) in [6, 6.07) is 16.6. The molecule has 0 heterocycles. The van der Waals surface area contributed by atoms with Crippen molar-refractivity contribution in [3.63, 3.8) is 0 Å². The van der Waals surface area contributed by atoms with Crippen LogP contribution in [0.3, 0.4) is 0 Å². The summed E-state index contributed by atoms with van der Waals surface area (Å²) in [6.07, 6.45) is 1.95. The van der Waals surface area contributed by atoms with E-state index in [1.807, 2.05) is 30.3 Å². The Morgan fingerprint density at radius 1 is 1.04 bits per heavy atom. The van der Waals surface area contributed by atoms with Gasteiger partial charge in [0.25, 0.3) is 0 Å². The number of benzene rings is 2. The predicted octanol–water partition coefficient (Wildman–Crippen LogP) is 3.56. The van der Waals surface area contributed by atoms with E-state index in [1.165, 1.54) is 11.1 Å². The van der Waals surface area contributed by atoms with E-state index in [-0.39, 0.29) is 6.04 Å². The van der Waals surface area contributed by atoms with Crippen LogP contribution in [0, 0.1) is 0 Å². The van der Waals surface area contributed by atoms with Crippen molar-refractivity contribution in [1.82, 2.24) is 10.6 Å². The molecule has 0 fully saturated rings. The first-order chi connectivity index (χ1) is 12.7. The largest absolute Gasteiger partial charge is 0.493 e. The van der Waals surface area contributed by atoms with Crippen molar-refractivity contribution in [3.8, 4) is 11.5 Å². The van der Waals surface area contributed by atoms with E-state index in [4.69, 9.17) is 9.47 Å². The van der Waals surface area contributed by atoms with Gasteiger partial charge < -0.3 is 20.1 Å². The molecule has 0 amide bonds. The number of rotatable bonds is 8. The Bertz CT molecular complexity index is 702. The first-order valence-corrected chi connectivity index (χ1v) is 8.91. The summed E-state index contributed by atoms with van der Waals surface area (Å²) >= 11 is 0. The minimum atomic E-state index is 0.202. The van der Waals surface area contributed by atoms with Gasteiger partial charge in [-0.05, 0) is 43.0 Å². The highest BCUT2D eigenvalue weighted by atomic mass is 16.5. The van der Waals surface area contributed by atoms with Crippen LogP contribution in [0.1, 0.15) is 30.5 Å². The maximum absolute atomic E-state index is 5.35. The second kappa shape index (κ2) is 10.3. The molecule has 1 unspecified atom stereocenters. The van der Waals surface area contributed by atoms with E-state index in [2.05, 4.69) is 40.7 Å². The molecule has 0 spiro atoms. The van der Waals surface area contributed by atoms with Crippen molar-refractivity contribution in [1.29, 1.82) is 0 Å². The van der Waals surface area contributed by atoms with E-state index in [1.54, 1.807) is 21.3 Å². The first-order valence-electron chi connectivity index (χ1n) is 8.91. The van der Waals surface area contributed by atoms with E-state index in [9.17, 15) is 0 Å². The van der Waals surface area contributed by atoms with Gasteiger partial charge >= 0.3 is 0 Å². The van der Waals surface area contributed by atoms with E-state index in [0.717, 1.165) is 36.8 Å². The van der Waals surface area contributed by atoms with Gasteiger partial charge in [-0.25, -0.2) is 0 Å². The van der Waals surface area contributed by atoms with Crippen LogP contribution in [0.15, 0.2) is 53.5 Å². The molecule has 0 aliphatic rings. The van der Waals surface area contributed by atoms with Crippen molar-refractivity contribution < 1.29 is 9.47 Å². The van der Waals surface area contributed by atoms with Crippen LogP contribution in [-0.4, -0.2) is 33.8 Å². The Hall–Kier alpha value is -2.69. The highest BCUT2D eigenvalue weighted by molar-refractivity contribution is 5.80. The summed E-state index contributed by atoms with van der Waals surface area (Å²) in [6.45, 7) is 2.97. The zero-order valence-electron chi connectivity index (χ0n) is 16.1. The average Bonchev–Trinajstić information content (AvgIpc) is 2.70. The van der Waals surface area contributed by atoms with Crippen LogP contribution in [0.2, 0.25) is 0 Å². The van der Waals surface area contributed by atoms with Crippen molar-refractivity contribution in [2.24, 2.45) is 4.99 Å². The maximum atomic E-state index is 5.35. The number of guanidine groups is 1. The number of aryl methyl sites for hydroxylation is 1. The minimum absolute atomic E-state index is 0.202. The van der Waals surface area contributed by atoms with Gasteiger partial charge in [0.05, 0.1) is 20.3 Å². The molecule has 2 N–H and O–H groups in total. The number of hydrogen-bond acceptors (Lipinski definition) is 3. The van der Waals surface area contributed by atoms with Crippen LogP contribution in [0.4, 0.5) is 0 Å². The van der Waals surface area contributed by atoms with Crippen LogP contribution in [-0.2, 0) is 6.42 Å². The lowest BCUT2D eigenvalue weighted by molar-refractivity contribution is 0.354. The smallest absolute Gasteiger partial charge is 0.191 e. The van der Waals surface area contributed by atoms with Gasteiger partial charge in [-0.3, -0.25) is 4.99 Å². The zero-order valence-corrected chi connectivity index (χ0v) is 16.1. The Balaban J connectivity index is 1.79. The summed E-state index contributed by atoms with van der Waals surface area (Å²) in [4.78, 5) is 4.31. The van der Waals surface area contributed by atoms with Crippen LogP contribution < -0.4 is 20.1 Å². The minimum Gasteiger partial charge on any atom is -0.493 e. The van der Waals surface area contributed by atoms with Crippen LogP contribution in [0.5, 0.6) is 11.5 Å². The maximum Gasteiger partial charge on any atom is 0.191 e. The number of aliphatic imine (C=N–C) groups is 1. The van der Waals surface area contributed by atoms with Crippen LogP contribution in [0.25, 0.3) is 0 Å². The molecule has 2 aromatic rings. The molecule has 0 aliphatic heterocycles. The molecule has 0 saturated carbocycles. The summed E-state index contributed by atoms with van der Waals surface area (Å²) < 4.78 is 10.6. The van der Waals surface area contributed by atoms with E-state index in [0.29, 0.717) is 0 Å². The molecule has 5 nitrogen and oxygen atoms in total. The third-order valence-corrected chi connectivity index (χ3v) is 4.26. The third kappa shape index (κ3) is 5.69. The zero-order chi connectivity index (χ0) is 18.8. The van der Waals surface area contributed by atoms with Gasteiger partial charge in [-0.1, -0.05) is 36.4 Å². The summed E-state index contributed by atoms with van der Waals surface area (Å²) in [5, 5.41) is 6.79. The van der Waals surface area contributed by atoms with Gasteiger partial charge in [0.15, 0.2) is 17.5 Å². The second-order valence-corrected chi connectivity index (χ2v) is 6.07. The molecular weight excluding hydrogens is 326 g/mol.